The van der Waals surface area contributed by atoms with Crippen LogP contribution >= 0.6 is 11.8 Å². The fourth-order valence-electron chi connectivity index (χ4n) is 7.53. The summed E-state index contributed by atoms with van der Waals surface area (Å²) in [5.41, 5.74) is 1.15. The molecule has 0 radical (unpaired) electrons. The van der Waals surface area contributed by atoms with E-state index in [-0.39, 0.29) is 179 Å². The number of likely N-dealkylation sites (tertiary alicyclic amines) is 1. The number of benzene rings is 1. The Kier molecular flexibility index (Phi) is 27.0. The molecule has 1 aromatic carbocycles. The monoisotopic (exact) mass is 1090 g/mol. The summed E-state index contributed by atoms with van der Waals surface area (Å²) >= 11 is 1.51. The van der Waals surface area contributed by atoms with E-state index in [1.54, 1.807) is 45.9 Å². The van der Waals surface area contributed by atoms with E-state index in [1.807, 2.05) is 25.0 Å². The number of aliphatic carboxylic acids is 3. The van der Waals surface area contributed by atoms with E-state index in [0.717, 1.165) is 10.5 Å². The maximum absolute atomic E-state index is 13.7. The molecule has 2 heterocycles. The number of carboxylic acid groups (broad SMARTS) is 3. The predicted molar refractivity (Wildman–Crippen MR) is 242 cm³/mol. The Labute approximate surface area is 422 Å². The zero-order chi connectivity index (χ0) is 48.1. The molecular weight excluding hydrogens is 1020 g/mol. The van der Waals surface area contributed by atoms with Crippen LogP contribution in [0.3, 0.4) is 0 Å². The first-order valence-electron chi connectivity index (χ1n) is 22.0. The summed E-state index contributed by atoms with van der Waals surface area (Å²) in [5, 5.41) is 39.5. The Balaban J connectivity index is 0.0000150. The van der Waals surface area contributed by atoms with Gasteiger partial charge < -0.3 is 36.6 Å². The second-order valence-corrected chi connectivity index (χ2v) is 17.6. The summed E-state index contributed by atoms with van der Waals surface area (Å²) in [6.45, 7) is 7.08. The number of carbonyl (C=O) groups is 9. The topological polar surface area (TPSA) is 279 Å². The number of nitrogens with zero attached hydrogens (tertiary/aromatic N) is 5. The second kappa shape index (κ2) is 30.5. The van der Waals surface area contributed by atoms with Crippen molar-refractivity contribution in [3.63, 3.8) is 0 Å². The Bertz CT molecular complexity index is 1780. The van der Waals surface area contributed by atoms with Crippen LogP contribution < -0.4 is 21.3 Å². The van der Waals surface area contributed by atoms with E-state index in [0.29, 0.717) is 37.4 Å². The molecule has 2 aliphatic heterocycles. The van der Waals surface area contributed by atoms with Crippen molar-refractivity contribution < 1.29 is 98.4 Å². The summed E-state index contributed by atoms with van der Waals surface area (Å²) in [4.78, 5) is 120. The number of carboxylic acids is 3. The van der Waals surface area contributed by atoms with E-state index < -0.39 is 35.9 Å². The summed E-state index contributed by atoms with van der Waals surface area (Å²) in [6, 6.07) is 5.24. The van der Waals surface area contributed by atoms with Gasteiger partial charge in [0.05, 0.1) is 32.2 Å². The first-order valence-corrected chi connectivity index (χ1v) is 23.4. The summed E-state index contributed by atoms with van der Waals surface area (Å²) < 4.78 is 0. The van der Waals surface area contributed by atoms with Crippen LogP contribution in [0.15, 0.2) is 24.3 Å². The Morgan fingerprint density at radius 3 is 1.71 bits per heavy atom. The molecule has 0 saturated carbocycles. The number of thioether (sulfide) groups is 1. The molecule has 0 aromatic heterocycles. The van der Waals surface area contributed by atoms with Crippen molar-refractivity contribution in [2.45, 2.75) is 59.0 Å². The van der Waals surface area contributed by atoms with E-state index in [9.17, 15) is 58.5 Å². The standard InChI is InChI=1S/C43H67N9O12S.Gd/c1-5-29(2)33(41(62)44-11-12-52-37(55)22-30(3)42(52)63)23-35(53)34(10-21-65-4)47-43(64)46-32-8-6-31(7-9-32)24-45-36(54)25-48-13-15-49(26-38(56)57)17-19-51(28-40(60)61)20-18-50(16-14-48)27-39(58)59;/h6-9,29-30,33-34H,5,10-28H2,1-4H3,(H,44,62)(H,45,54)(H,56,57)(H,58,59)(H,60,61)(H2,46,47,64);/t29-,30?,33-,34-;/m0./s1. The van der Waals surface area contributed by atoms with Gasteiger partial charge in [0.1, 0.15) is 0 Å². The van der Waals surface area contributed by atoms with Crippen LogP contribution in [-0.2, 0) is 44.9 Å². The fraction of sp³-hybridized carbons (Fsp3) is 0.651. The van der Waals surface area contributed by atoms with Gasteiger partial charge in [-0.15, -0.1) is 0 Å². The zero-order valence-electron chi connectivity index (χ0n) is 38.3. The molecule has 0 aliphatic carbocycles. The van der Waals surface area contributed by atoms with Crippen molar-refractivity contribution >= 4 is 70.8 Å². The third-order valence-corrected chi connectivity index (χ3v) is 12.2. The molecule has 1 unspecified atom stereocenters. The van der Waals surface area contributed by atoms with Gasteiger partial charge in [0.2, 0.25) is 23.6 Å². The van der Waals surface area contributed by atoms with Gasteiger partial charge in [0.15, 0.2) is 5.78 Å². The molecule has 2 aliphatic rings. The van der Waals surface area contributed by atoms with Gasteiger partial charge in [-0.25, -0.2) is 4.79 Å². The molecule has 2 saturated heterocycles. The summed E-state index contributed by atoms with van der Waals surface area (Å²) in [6.07, 6.45) is 2.87. The van der Waals surface area contributed by atoms with Crippen molar-refractivity contribution in [1.82, 2.24) is 40.4 Å². The third kappa shape index (κ3) is 21.4. The molecule has 66 heavy (non-hydrogen) atoms. The van der Waals surface area contributed by atoms with Gasteiger partial charge in [-0.05, 0) is 42.0 Å². The first-order chi connectivity index (χ1) is 30.9. The molecule has 0 bridgehead atoms. The maximum Gasteiger partial charge on any atom is 0.319 e. The predicted octanol–water partition coefficient (Wildman–Crippen LogP) is 0.154. The molecule has 370 valence electrons. The Hall–Kier alpha value is -3.84. The number of carbonyl (C=O) groups excluding carboxylic acids is 6. The molecule has 21 nitrogen and oxygen atoms in total. The van der Waals surface area contributed by atoms with E-state index >= 15 is 0 Å². The van der Waals surface area contributed by atoms with Crippen LogP contribution in [0.1, 0.15) is 52.0 Å². The van der Waals surface area contributed by atoms with Crippen molar-refractivity contribution in [2.24, 2.45) is 17.8 Å². The Morgan fingerprint density at radius 2 is 1.27 bits per heavy atom. The molecule has 0 spiro atoms. The number of Topliss-reactive ketones (excluding diaryl/α,β-unsaturated/α-hetero) is 1. The van der Waals surface area contributed by atoms with Crippen LogP contribution in [0.5, 0.6) is 0 Å². The minimum Gasteiger partial charge on any atom is -0.480 e. The molecule has 1 aromatic rings. The average molecular weight is 1090 g/mol. The van der Waals surface area contributed by atoms with E-state index in [1.165, 1.54) is 11.8 Å². The Morgan fingerprint density at radius 1 is 0.773 bits per heavy atom. The number of hydrogen-bond acceptors (Lipinski definition) is 14. The van der Waals surface area contributed by atoms with Gasteiger partial charge in [-0.2, -0.15) is 11.8 Å². The summed E-state index contributed by atoms with van der Waals surface area (Å²) in [7, 11) is 0. The van der Waals surface area contributed by atoms with Crippen molar-refractivity contribution in [1.29, 1.82) is 0 Å². The van der Waals surface area contributed by atoms with Gasteiger partial charge in [0, 0.05) is 142 Å². The van der Waals surface area contributed by atoms with Crippen LogP contribution in [0, 0.1) is 57.7 Å². The first kappa shape index (κ1) is 58.3. The fourth-order valence-corrected chi connectivity index (χ4v) is 8.00. The number of rotatable bonds is 24. The number of imide groups is 1. The van der Waals surface area contributed by atoms with Crippen LogP contribution in [0.25, 0.3) is 0 Å². The van der Waals surface area contributed by atoms with E-state index in [2.05, 4.69) is 21.3 Å². The van der Waals surface area contributed by atoms with Gasteiger partial charge in [0.25, 0.3) is 0 Å². The molecule has 23 heteroatoms. The summed E-state index contributed by atoms with van der Waals surface area (Å²) in [5.74, 6) is -5.32. The quantitative estimate of drug-likeness (QED) is 0.0679. The SMILES string of the molecule is CC[C@H](C)[C@H](CC(=O)[C@H](CCSC)NC(=O)Nc1ccc(CNC(=O)CN2CCN(CC(=O)O)CCN(CC(=O)O)CCN(CC(=O)O)CC2)cc1)C(=O)NCCN1C(=O)CC(C)C1=O.[Gd]. The molecule has 2 fully saturated rings. The minimum absolute atomic E-state index is 0. The molecule has 4 atom stereocenters. The minimum atomic E-state index is -1.05. The van der Waals surface area contributed by atoms with Gasteiger partial charge in [-0.3, -0.25) is 62.9 Å². The van der Waals surface area contributed by atoms with Crippen molar-refractivity contribution in [3.05, 3.63) is 29.8 Å². The van der Waals surface area contributed by atoms with Gasteiger partial charge >= 0.3 is 23.9 Å². The van der Waals surface area contributed by atoms with Crippen molar-refractivity contribution in [3.8, 4) is 0 Å². The third-order valence-electron chi connectivity index (χ3n) is 11.6. The van der Waals surface area contributed by atoms with Crippen molar-refractivity contribution in [2.75, 3.05) is 109 Å². The van der Waals surface area contributed by atoms with Crippen LogP contribution in [-0.4, -0.2) is 203 Å². The number of hydrogen-bond donors (Lipinski definition) is 7. The molecule has 7 N–H and O–H groups in total. The normalized spacial score (nSPS) is 18.4. The van der Waals surface area contributed by atoms with E-state index in [4.69, 9.17) is 0 Å². The number of ketones is 1. The number of nitrogens with one attached hydrogen (secondary N) is 4. The molecule has 3 rings (SSSR count). The number of anilines is 1. The van der Waals surface area contributed by atoms with Crippen LogP contribution in [0.4, 0.5) is 10.5 Å². The molecule has 6 amide bonds. The maximum atomic E-state index is 13.7. The number of urea groups is 1. The van der Waals surface area contributed by atoms with Crippen LogP contribution in [0.2, 0.25) is 0 Å². The zero-order valence-corrected chi connectivity index (χ0v) is 41.4. The number of amides is 6. The molecular formula is C43H67GdN9O12S. The second-order valence-electron chi connectivity index (χ2n) is 16.6. The van der Waals surface area contributed by atoms with Gasteiger partial charge in [-0.1, -0.05) is 39.3 Å². The smallest absolute Gasteiger partial charge is 0.319 e. The largest absolute Gasteiger partial charge is 0.480 e. The average Bonchev–Trinajstić information content (AvgIpc) is 3.49.